The second-order valence-electron chi connectivity index (χ2n) is 4.48. The van der Waals surface area contributed by atoms with Crippen LogP contribution in [-0.4, -0.2) is 11.8 Å². The lowest BCUT2D eigenvalue weighted by molar-refractivity contribution is 0.252. The molecule has 0 aromatic heterocycles. The van der Waals surface area contributed by atoms with Gasteiger partial charge in [-0.25, -0.2) is 4.79 Å². The molecular formula is C16H12Cl2F2N2OS. The molecule has 0 unspecified atom stereocenters. The summed E-state index contributed by atoms with van der Waals surface area (Å²) < 4.78 is 24.4. The summed E-state index contributed by atoms with van der Waals surface area (Å²) in [4.78, 5) is 12.5. The zero-order valence-electron chi connectivity index (χ0n) is 12.1. The summed E-state index contributed by atoms with van der Waals surface area (Å²) in [5.74, 6) is -2.49. The van der Waals surface area contributed by atoms with E-state index in [1.54, 1.807) is 24.3 Å². The summed E-state index contributed by atoms with van der Waals surface area (Å²) in [5, 5.41) is 5.15. The van der Waals surface area contributed by atoms with E-state index in [2.05, 4.69) is 10.6 Å². The van der Waals surface area contributed by atoms with Crippen molar-refractivity contribution in [2.75, 3.05) is 5.32 Å². The summed E-state index contributed by atoms with van der Waals surface area (Å²) in [6.45, 7) is 0. The van der Waals surface area contributed by atoms with Crippen molar-refractivity contribution < 1.29 is 13.6 Å². The zero-order chi connectivity index (χ0) is 17.5. The number of rotatable bonds is 5. The van der Waals surface area contributed by atoms with Crippen LogP contribution >= 0.6 is 35.0 Å². The predicted molar refractivity (Wildman–Crippen MR) is 95.5 cm³/mol. The number of halogens is 4. The highest BCUT2D eigenvalue weighted by atomic mass is 35.5. The maximum Gasteiger partial charge on any atom is 0.323 e. The molecule has 2 N–H and O–H groups in total. The lowest BCUT2D eigenvalue weighted by Crippen LogP contribution is -2.27. The molecule has 0 atom stereocenters. The summed E-state index contributed by atoms with van der Waals surface area (Å²) in [6, 6.07) is 14.4. The molecule has 24 heavy (non-hydrogen) atoms. The van der Waals surface area contributed by atoms with Crippen molar-refractivity contribution in [1.82, 2.24) is 5.32 Å². The van der Waals surface area contributed by atoms with Crippen LogP contribution in [0.3, 0.4) is 0 Å². The molecule has 2 amide bonds. The van der Waals surface area contributed by atoms with E-state index in [-0.39, 0.29) is 10.2 Å². The second kappa shape index (κ2) is 8.92. The van der Waals surface area contributed by atoms with Crippen LogP contribution in [0, 0.1) is 0 Å². The van der Waals surface area contributed by atoms with Crippen LogP contribution in [0.1, 0.15) is 5.56 Å². The topological polar surface area (TPSA) is 41.1 Å². The van der Waals surface area contributed by atoms with Gasteiger partial charge in [0.15, 0.2) is 0 Å². The fourth-order valence-electron chi connectivity index (χ4n) is 1.83. The van der Waals surface area contributed by atoms with Crippen LogP contribution < -0.4 is 10.6 Å². The molecule has 126 valence electrons. The van der Waals surface area contributed by atoms with Crippen LogP contribution in [0.25, 0.3) is 5.70 Å². The van der Waals surface area contributed by atoms with E-state index < -0.39 is 11.8 Å². The van der Waals surface area contributed by atoms with Crippen molar-refractivity contribution in [3.8, 4) is 0 Å². The van der Waals surface area contributed by atoms with E-state index in [0.717, 1.165) is 0 Å². The first-order valence-electron chi connectivity index (χ1n) is 6.69. The Kier molecular flexibility index (Phi) is 6.90. The number of anilines is 1. The molecule has 0 saturated heterocycles. The van der Waals surface area contributed by atoms with Crippen LogP contribution in [-0.2, 0) is 0 Å². The molecule has 2 aromatic rings. The Morgan fingerprint density at radius 3 is 2.17 bits per heavy atom. The van der Waals surface area contributed by atoms with Crippen molar-refractivity contribution in [3.63, 3.8) is 0 Å². The Labute approximate surface area is 152 Å². The van der Waals surface area contributed by atoms with Crippen molar-refractivity contribution in [3.05, 3.63) is 64.7 Å². The summed E-state index contributed by atoms with van der Waals surface area (Å²) in [6.07, 6.45) is 0. The van der Waals surface area contributed by atoms with Crippen molar-refractivity contribution >= 4 is 52.4 Å². The molecule has 0 saturated carbocycles. The molecule has 0 bridgehead atoms. The third-order valence-corrected chi connectivity index (χ3v) is 3.93. The molecule has 0 fully saturated rings. The van der Waals surface area contributed by atoms with Gasteiger partial charge >= 0.3 is 6.03 Å². The number of amides is 2. The smallest absolute Gasteiger partial charge is 0.308 e. The number of urea groups is 1. The predicted octanol–water partition coefficient (Wildman–Crippen LogP) is 5.93. The standard InChI is InChI=1S/C16H12Cl2F2N2OS/c17-14(18)13(10-4-2-1-3-5-10)22-16(23)21-11-6-8-12(9-7-11)24-15(19)20/h1-9,15H,(H2,21,22,23). The first-order valence-corrected chi connectivity index (χ1v) is 8.33. The fraction of sp³-hybridized carbons (Fsp3) is 0.0625. The van der Waals surface area contributed by atoms with E-state index >= 15 is 0 Å². The number of benzene rings is 2. The Balaban J connectivity index is 2.03. The number of carbonyl (C=O) groups is 1. The molecule has 0 aliphatic heterocycles. The van der Waals surface area contributed by atoms with E-state index in [4.69, 9.17) is 23.2 Å². The molecule has 0 heterocycles. The number of hydrogen-bond donors (Lipinski definition) is 2. The third-order valence-electron chi connectivity index (χ3n) is 2.83. The highest BCUT2D eigenvalue weighted by Gasteiger charge is 2.11. The van der Waals surface area contributed by atoms with Gasteiger partial charge < -0.3 is 10.6 Å². The SMILES string of the molecule is O=C(NC(=C(Cl)Cl)c1ccccc1)Nc1ccc(SC(F)F)cc1. The van der Waals surface area contributed by atoms with Gasteiger partial charge in [0.1, 0.15) is 4.49 Å². The molecule has 2 aromatic carbocycles. The molecule has 0 aliphatic carbocycles. The van der Waals surface area contributed by atoms with Gasteiger partial charge in [0.2, 0.25) is 0 Å². The van der Waals surface area contributed by atoms with Gasteiger partial charge in [-0.3, -0.25) is 0 Å². The number of nitrogens with one attached hydrogen (secondary N) is 2. The minimum absolute atomic E-state index is 0.0833. The Morgan fingerprint density at radius 1 is 1.00 bits per heavy atom. The van der Waals surface area contributed by atoms with Gasteiger partial charge in [-0.2, -0.15) is 8.78 Å². The summed E-state index contributed by atoms with van der Waals surface area (Å²) >= 11 is 12.1. The molecule has 0 spiro atoms. The van der Waals surface area contributed by atoms with Gasteiger partial charge in [0, 0.05) is 16.1 Å². The number of carbonyl (C=O) groups excluding carboxylic acids is 1. The minimum atomic E-state index is -2.49. The Hall–Kier alpha value is -1.76. The first kappa shape index (κ1) is 18.6. The first-order chi connectivity index (χ1) is 11.5. The number of alkyl halides is 2. The molecule has 0 aliphatic rings. The van der Waals surface area contributed by atoms with Crippen LogP contribution in [0.4, 0.5) is 19.3 Å². The highest BCUT2D eigenvalue weighted by molar-refractivity contribution is 7.99. The van der Waals surface area contributed by atoms with E-state index in [1.807, 2.05) is 6.07 Å². The second-order valence-corrected chi connectivity index (χ2v) is 6.50. The highest BCUT2D eigenvalue weighted by Crippen LogP contribution is 2.26. The number of hydrogen-bond acceptors (Lipinski definition) is 2. The minimum Gasteiger partial charge on any atom is -0.308 e. The molecule has 0 radical (unpaired) electrons. The maximum absolute atomic E-state index is 12.3. The molecule has 8 heteroatoms. The average Bonchev–Trinajstić information content (AvgIpc) is 2.54. The van der Waals surface area contributed by atoms with Crippen molar-refractivity contribution in [1.29, 1.82) is 0 Å². The van der Waals surface area contributed by atoms with Crippen molar-refractivity contribution in [2.24, 2.45) is 0 Å². The number of thioether (sulfide) groups is 1. The zero-order valence-corrected chi connectivity index (χ0v) is 14.4. The molecule has 3 nitrogen and oxygen atoms in total. The maximum atomic E-state index is 12.3. The Morgan fingerprint density at radius 2 is 1.62 bits per heavy atom. The normalized spacial score (nSPS) is 10.4. The van der Waals surface area contributed by atoms with Crippen LogP contribution in [0.5, 0.6) is 0 Å². The van der Waals surface area contributed by atoms with E-state index in [1.165, 1.54) is 24.3 Å². The van der Waals surface area contributed by atoms with Gasteiger partial charge in [0.05, 0.1) is 5.70 Å². The fourth-order valence-corrected chi connectivity index (χ4v) is 2.64. The summed E-state index contributed by atoms with van der Waals surface area (Å²) in [5.41, 5.74) is 1.36. The van der Waals surface area contributed by atoms with Crippen LogP contribution in [0.2, 0.25) is 0 Å². The summed E-state index contributed by atoms with van der Waals surface area (Å²) in [7, 11) is 0. The van der Waals surface area contributed by atoms with Gasteiger partial charge in [-0.1, -0.05) is 65.3 Å². The quantitative estimate of drug-likeness (QED) is 0.623. The van der Waals surface area contributed by atoms with E-state index in [0.29, 0.717) is 27.9 Å². The Bertz CT molecular complexity index is 721. The third kappa shape index (κ3) is 5.70. The van der Waals surface area contributed by atoms with Gasteiger partial charge in [-0.05, 0) is 24.3 Å². The van der Waals surface area contributed by atoms with Crippen molar-refractivity contribution in [2.45, 2.75) is 10.7 Å². The average molecular weight is 389 g/mol. The monoisotopic (exact) mass is 388 g/mol. The lowest BCUT2D eigenvalue weighted by atomic mass is 10.2. The van der Waals surface area contributed by atoms with Crippen LogP contribution in [0.15, 0.2) is 64.0 Å². The lowest BCUT2D eigenvalue weighted by Gasteiger charge is -2.12. The van der Waals surface area contributed by atoms with Gasteiger partial charge in [0.25, 0.3) is 5.76 Å². The van der Waals surface area contributed by atoms with E-state index in [9.17, 15) is 13.6 Å². The molecular weight excluding hydrogens is 377 g/mol. The largest absolute Gasteiger partial charge is 0.323 e. The molecule has 2 rings (SSSR count). The van der Waals surface area contributed by atoms with Gasteiger partial charge in [-0.15, -0.1) is 0 Å².